The monoisotopic (exact) mass is 208 g/mol. The Bertz CT molecular complexity index is 490. The fourth-order valence-electron chi connectivity index (χ4n) is 1.46. The number of carbonyl (C=O) groups is 1. The molecule has 0 saturated carbocycles. The number of hydrogen-bond donors (Lipinski definition) is 0. The molecule has 1 aromatic carbocycles. The van der Waals surface area contributed by atoms with Crippen molar-refractivity contribution in [3.05, 3.63) is 17.7 Å². The third kappa shape index (κ3) is 1.63. The summed E-state index contributed by atoms with van der Waals surface area (Å²) in [6.45, 7) is 5.47. The second-order valence-corrected chi connectivity index (χ2v) is 3.73. The van der Waals surface area contributed by atoms with Crippen molar-refractivity contribution in [1.82, 2.24) is 0 Å². The predicted molar refractivity (Wildman–Crippen MR) is 53.9 cm³/mol. The maximum Gasteiger partial charge on any atom is 0.308 e. The van der Waals surface area contributed by atoms with E-state index in [9.17, 15) is 4.79 Å². The van der Waals surface area contributed by atoms with Crippen molar-refractivity contribution < 1.29 is 18.7 Å². The van der Waals surface area contributed by atoms with E-state index in [1.165, 1.54) is 6.92 Å². The summed E-state index contributed by atoms with van der Waals surface area (Å²) in [5.74, 6) is 0.382. The molecule has 15 heavy (non-hydrogen) atoms. The highest BCUT2D eigenvalue weighted by Crippen LogP contribution is 2.35. The van der Waals surface area contributed by atoms with E-state index >= 15 is 0 Å². The Morgan fingerprint density at radius 1 is 1.27 bits per heavy atom. The van der Waals surface area contributed by atoms with Crippen molar-refractivity contribution in [2.75, 3.05) is 0 Å². The molecule has 1 aromatic heterocycles. The lowest BCUT2D eigenvalue weighted by atomic mass is 10.0. The van der Waals surface area contributed by atoms with E-state index in [0.29, 0.717) is 22.8 Å². The summed E-state index contributed by atoms with van der Waals surface area (Å²) < 4.78 is 14.7. The van der Waals surface area contributed by atoms with Crippen LogP contribution in [0.3, 0.4) is 0 Å². The summed E-state index contributed by atoms with van der Waals surface area (Å²) in [4.78, 5) is 10.8. The molecule has 2 rings (SSSR count). The lowest BCUT2D eigenvalue weighted by Gasteiger charge is -2.11. The summed E-state index contributed by atoms with van der Waals surface area (Å²) in [5.41, 5.74) is 2.23. The number of hydrogen-bond acceptors (Lipinski definition) is 4. The Morgan fingerprint density at radius 2 is 1.93 bits per heavy atom. The van der Waals surface area contributed by atoms with Gasteiger partial charge >= 0.3 is 5.97 Å². The number of rotatable bonds is 2. The van der Waals surface area contributed by atoms with Crippen molar-refractivity contribution in [2.24, 2.45) is 0 Å². The molecule has 0 fully saturated rings. The van der Waals surface area contributed by atoms with Crippen LogP contribution in [0.2, 0.25) is 0 Å². The average Bonchev–Trinajstić information content (AvgIpc) is 2.06. The minimum atomic E-state index is -0.370. The van der Waals surface area contributed by atoms with Crippen molar-refractivity contribution >= 4 is 17.1 Å². The number of esters is 1. The molecule has 0 saturated heterocycles. The lowest BCUT2D eigenvalue weighted by molar-refractivity contribution is -0.131. The summed E-state index contributed by atoms with van der Waals surface area (Å²) in [6, 6.07) is 3.60. The number of carbonyl (C=O) groups excluding carboxylic acids is 1. The Morgan fingerprint density at radius 3 is 2.40 bits per heavy atom. The van der Waals surface area contributed by atoms with Crippen LogP contribution in [0.4, 0.5) is 0 Å². The zero-order valence-electron chi connectivity index (χ0n) is 8.87. The Labute approximate surface area is 86.7 Å². The van der Waals surface area contributed by atoms with Gasteiger partial charge in [0.1, 0.15) is 0 Å². The molecular formula is C11H12O4. The van der Waals surface area contributed by atoms with Gasteiger partial charge in [-0.25, -0.2) is 0 Å². The fraction of sp³-hybridized carbons (Fsp3) is 0.364. The molecule has 0 radical (unpaired) electrons. The van der Waals surface area contributed by atoms with Gasteiger partial charge in [-0.15, -0.1) is 0 Å². The molecule has 1 heterocycles. The van der Waals surface area contributed by atoms with E-state index in [0.717, 1.165) is 5.56 Å². The Kier molecular flexibility index (Phi) is 2.26. The summed E-state index contributed by atoms with van der Waals surface area (Å²) in [7, 11) is 0. The largest absolute Gasteiger partial charge is 0.422 e. The third-order valence-corrected chi connectivity index (χ3v) is 2.19. The first-order valence-electron chi connectivity index (χ1n) is 4.79. The average molecular weight is 208 g/mol. The maximum absolute atomic E-state index is 10.8. The van der Waals surface area contributed by atoms with Crippen LogP contribution in [0.1, 0.15) is 32.3 Å². The first kappa shape index (κ1) is 9.83. The van der Waals surface area contributed by atoms with Crippen LogP contribution >= 0.6 is 0 Å². The smallest absolute Gasteiger partial charge is 0.308 e. The van der Waals surface area contributed by atoms with E-state index in [1.54, 1.807) is 6.07 Å². The minimum absolute atomic E-state index is 0.342. The molecule has 0 amide bonds. The zero-order valence-corrected chi connectivity index (χ0v) is 8.87. The Balaban J connectivity index is 2.46. The fourth-order valence-corrected chi connectivity index (χ4v) is 1.46. The highest BCUT2D eigenvalue weighted by atomic mass is 17.0. The highest BCUT2D eigenvalue weighted by Gasteiger charge is 2.19. The van der Waals surface area contributed by atoms with E-state index in [-0.39, 0.29) is 5.97 Å². The predicted octanol–water partition coefficient (Wildman–Crippen LogP) is 3.07. The van der Waals surface area contributed by atoms with Gasteiger partial charge in [0, 0.05) is 12.5 Å². The number of ether oxygens (including phenoxy) is 1. The standard InChI is InChI=1S/C11H12O4/c1-6(2)8-4-5-9(13-7(3)12)11-10(8)14-15-11/h4-6H,1-3H3. The normalized spacial score (nSPS) is 11.2. The molecule has 0 bridgehead atoms. The van der Waals surface area contributed by atoms with Crippen LogP contribution < -0.4 is 4.74 Å². The van der Waals surface area contributed by atoms with Gasteiger partial charge in [0.2, 0.25) is 5.58 Å². The van der Waals surface area contributed by atoms with Crippen molar-refractivity contribution in [2.45, 2.75) is 26.7 Å². The van der Waals surface area contributed by atoms with Gasteiger partial charge in [-0.2, -0.15) is 0 Å². The molecule has 0 aliphatic rings. The molecule has 0 unspecified atom stereocenters. The first-order chi connectivity index (χ1) is 7.09. The maximum atomic E-state index is 10.8. The van der Waals surface area contributed by atoms with Gasteiger partial charge in [-0.05, 0) is 12.0 Å². The molecule has 0 spiro atoms. The summed E-state index contributed by atoms with van der Waals surface area (Å²) >= 11 is 0. The molecule has 2 aromatic rings. The second-order valence-electron chi connectivity index (χ2n) is 3.73. The number of benzene rings is 1. The van der Waals surface area contributed by atoms with Crippen LogP contribution in [0.5, 0.6) is 5.75 Å². The SMILES string of the molecule is CC(=O)Oc1ccc(C(C)C)c2ooc12. The molecule has 0 N–H and O–H groups in total. The minimum Gasteiger partial charge on any atom is -0.422 e. The van der Waals surface area contributed by atoms with Gasteiger partial charge in [-0.1, -0.05) is 19.9 Å². The Hall–Kier alpha value is -1.71. The van der Waals surface area contributed by atoms with Crippen molar-refractivity contribution in [3.8, 4) is 5.75 Å². The summed E-state index contributed by atoms with van der Waals surface area (Å²) in [6.07, 6.45) is 0. The van der Waals surface area contributed by atoms with Crippen LogP contribution in [-0.2, 0) is 4.79 Å². The van der Waals surface area contributed by atoms with Gasteiger partial charge in [0.25, 0.3) is 5.58 Å². The molecule has 4 nitrogen and oxygen atoms in total. The quantitative estimate of drug-likeness (QED) is 0.432. The highest BCUT2D eigenvalue weighted by molar-refractivity contribution is 5.84. The van der Waals surface area contributed by atoms with E-state index in [4.69, 9.17) is 13.9 Å². The van der Waals surface area contributed by atoms with Crippen LogP contribution in [0, 0.1) is 0 Å². The van der Waals surface area contributed by atoms with Crippen molar-refractivity contribution in [3.63, 3.8) is 0 Å². The molecule has 4 heteroatoms. The van der Waals surface area contributed by atoms with Gasteiger partial charge in [-0.3, -0.25) is 13.9 Å². The summed E-state index contributed by atoms with van der Waals surface area (Å²) in [5, 5.41) is 0. The van der Waals surface area contributed by atoms with Gasteiger partial charge < -0.3 is 4.74 Å². The molecule has 0 atom stereocenters. The van der Waals surface area contributed by atoms with Crippen LogP contribution in [0.15, 0.2) is 21.3 Å². The number of fused-ring (bicyclic) bond motifs is 1. The zero-order chi connectivity index (χ0) is 11.0. The van der Waals surface area contributed by atoms with E-state index in [2.05, 4.69) is 13.8 Å². The van der Waals surface area contributed by atoms with Crippen LogP contribution in [-0.4, -0.2) is 5.97 Å². The van der Waals surface area contributed by atoms with Crippen molar-refractivity contribution in [1.29, 1.82) is 0 Å². The topological polar surface area (TPSA) is 52.6 Å². The van der Waals surface area contributed by atoms with Gasteiger partial charge in [0.05, 0.1) is 0 Å². The van der Waals surface area contributed by atoms with Gasteiger partial charge in [0.15, 0.2) is 5.75 Å². The molecular weight excluding hydrogens is 196 g/mol. The molecule has 80 valence electrons. The van der Waals surface area contributed by atoms with Crippen LogP contribution in [0.25, 0.3) is 11.2 Å². The third-order valence-electron chi connectivity index (χ3n) is 2.19. The van der Waals surface area contributed by atoms with E-state index in [1.807, 2.05) is 6.07 Å². The molecule has 0 aliphatic carbocycles. The lowest BCUT2D eigenvalue weighted by Crippen LogP contribution is -2.03. The second kappa shape index (κ2) is 3.46. The van der Waals surface area contributed by atoms with E-state index < -0.39 is 0 Å². The molecule has 0 aliphatic heterocycles. The first-order valence-corrected chi connectivity index (χ1v) is 4.79.